The van der Waals surface area contributed by atoms with Gasteiger partial charge in [0.2, 0.25) is 0 Å². The number of nitrogens with two attached hydrogens (primary N) is 1. The molecule has 2 heteroatoms. The maximum absolute atomic E-state index is 9.18. The summed E-state index contributed by atoms with van der Waals surface area (Å²) in [7, 11) is 0. The van der Waals surface area contributed by atoms with Crippen molar-refractivity contribution >= 4 is 0 Å². The molecule has 2 nitrogen and oxygen atoms in total. The highest BCUT2D eigenvalue weighted by Gasteiger charge is 2.34. The number of hydrogen-bond donors (Lipinski definition) is 2. The van der Waals surface area contributed by atoms with Crippen LogP contribution < -0.4 is 5.73 Å². The maximum Gasteiger partial charge on any atom is 0.0436 e. The Balaban J connectivity index is 2.63. The van der Waals surface area contributed by atoms with Gasteiger partial charge in [0, 0.05) is 6.61 Å². The van der Waals surface area contributed by atoms with E-state index in [2.05, 4.69) is 20.8 Å². The zero-order valence-electron chi connectivity index (χ0n) is 11.3. The molecule has 0 aromatic carbocycles. The lowest BCUT2D eigenvalue weighted by molar-refractivity contribution is 0.156. The van der Waals surface area contributed by atoms with Crippen molar-refractivity contribution in [2.24, 2.45) is 22.5 Å². The summed E-state index contributed by atoms with van der Waals surface area (Å²) in [5.41, 5.74) is 6.59. The van der Waals surface area contributed by atoms with E-state index < -0.39 is 0 Å². The van der Waals surface area contributed by atoms with Crippen LogP contribution in [0.3, 0.4) is 0 Å². The molecule has 0 aliphatic heterocycles. The molecule has 1 saturated carbocycles. The predicted octanol–water partition coefficient (Wildman–Crippen LogP) is 2.94. The molecule has 96 valence electrons. The van der Waals surface area contributed by atoms with Gasteiger partial charge < -0.3 is 10.8 Å². The van der Waals surface area contributed by atoms with Gasteiger partial charge in [-0.2, -0.15) is 0 Å². The third-order valence-corrected chi connectivity index (χ3v) is 4.58. The number of rotatable bonds is 3. The van der Waals surface area contributed by atoms with Crippen LogP contribution >= 0.6 is 0 Å². The van der Waals surface area contributed by atoms with Crippen LogP contribution in [0.15, 0.2) is 0 Å². The number of aliphatic hydroxyl groups is 1. The molecule has 0 aromatic rings. The Morgan fingerprint density at radius 2 is 1.94 bits per heavy atom. The molecule has 0 saturated heterocycles. The van der Waals surface area contributed by atoms with Gasteiger partial charge in [-0.1, -0.05) is 27.2 Å². The summed E-state index contributed by atoms with van der Waals surface area (Å²) < 4.78 is 0. The monoisotopic (exact) mass is 227 g/mol. The van der Waals surface area contributed by atoms with Crippen molar-refractivity contribution in [2.75, 3.05) is 13.2 Å². The van der Waals surface area contributed by atoms with Gasteiger partial charge in [0.15, 0.2) is 0 Å². The summed E-state index contributed by atoms with van der Waals surface area (Å²) in [5.74, 6) is 0.819. The average Bonchev–Trinajstić information content (AvgIpc) is 2.41. The zero-order valence-corrected chi connectivity index (χ0v) is 11.3. The quantitative estimate of drug-likeness (QED) is 0.728. The molecule has 0 radical (unpaired) electrons. The van der Waals surface area contributed by atoms with Crippen LogP contribution in [-0.2, 0) is 0 Å². The summed E-state index contributed by atoms with van der Waals surface area (Å²) in [6.45, 7) is 8.07. The molecule has 1 aliphatic rings. The molecule has 1 rings (SSSR count). The van der Waals surface area contributed by atoms with Crippen LogP contribution in [-0.4, -0.2) is 18.3 Å². The van der Waals surface area contributed by atoms with Gasteiger partial charge in [-0.05, 0) is 55.4 Å². The third kappa shape index (κ3) is 3.46. The minimum Gasteiger partial charge on any atom is -0.396 e. The van der Waals surface area contributed by atoms with Crippen molar-refractivity contribution in [2.45, 2.75) is 59.3 Å². The Morgan fingerprint density at radius 3 is 2.44 bits per heavy atom. The van der Waals surface area contributed by atoms with Gasteiger partial charge in [-0.25, -0.2) is 0 Å². The average molecular weight is 227 g/mol. The molecule has 0 spiro atoms. The second-order valence-corrected chi connectivity index (χ2v) is 6.67. The second-order valence-electron chi connectivity index (χ2n) is 6.67. The molecule has 1 fully saturated rings. The normalized spacial score (nSPS) is 32.4. The van der Waals surface area contributed by atoms with E-state index in [0.717, 1.165) is 18.9 Å². The standard InChI is InChI=1S/C14H29NO/c1-13(2,3)12-5-4-7-14(11-15,8-6-12)9-10-16/h12,16H,4-11,15H2,1-3H3. The first kappa shape index (κ1) is 14.0. The molecular formula is C14H29NO. The Morgan fingerprint density at radius 1 is 1.25 bits per heavy atom. The fourth-order valence-corrected chi connectivity index (χ4v) is 3.13. The van der Waals surface area contributed by atoms with Crippen molar-refractivity contribution in [3.8, 4) is 0 Å². The molecule has 1 aliphatic carbocycles. The highest BCUT2D eigenvalue weighted by atomic mass is 16.3. The first-order valence-electron chi connectivity index (χ1n) is 6.74. The van der Waals surface area contributed by atoms with Crippen molar-refractivity contribution in [3.63, 3.8) is 0 Å². The van der Waals surface area contributed by atoms with Gasteiger partial charge in [-0.15, -0.1) is 0 Å². The fraction of sp³-hybridized carbons (Fsp3) is 1.00. The third-order valence-electron chi connectivity index (χ3n) is 4.58. The van der Waals surface area contributed by atoms with Gasteiger partial charge in [0.05, 0.1) is 0 Å². The van der Waals surface area contributed by atoms with Gasteiger partial charge in [-0.3, -0.25) is 0 Å². The van der Waals surface area contributed by atoms with Crippen LogP contribution in [0.25, 0.3) is 0 Å². The van der Waals surface area contributed by atoms with Crippen molar-refractivity contribution < 1.29 is 5.11 Å². The van der Waals surface area contributed by atoms with Crippen molar-refractivity contribution in [1.29, 1.82) is 0 Å². The highest BCUT2D eigenvalue weighted by molar-refractivity contribution is 4.87. The molecule has 2 atom stereocenters. The van der Waals surface area contributed by atoms with Crippen LogP contribution in [0.2, 0.25) is 0 Å². The molecule has 0 amide bonds. The topological polar surface area (TPSA) is 46.2 Å². The summed E-state index contributed by atoms with van der Waals surface area (Å²) in [6, 6.07) is 0. The predicted molar refractivity (Wildman–Crippen MR) is 69.2 cm³/mol. The van der Waals surface area contributed by atoms with Crippen molar-refractivity contribution in [3.05, 3.63) is 0 Å². The van der Waals surface area contributed by atoms with E-state index >= 15 is 0 Å². The molecule has 2 unspecified atom stereocenters. The van der Waals surface area contributed by atoms with Crippen LogP contribution in [0.1, 0.15) is 59.3 Å². The van der Waals surface area contributed by atoms with Crippen LogP contribution in [0, 0.1) is 16.7 Å². The Kier molecular flexibility index (Phi) is 4.81. The van der Waals surface area contributed by atoms with E-state index in [1.807, 2.05) is 0 Å². The van der Waals surface area contributed by atoms with E-state index in [4.69, 9.17) is 5.73 Å². The maximum atomic E-state index is 9.18. The lowest BCUT2D eigenvalue weighted by atomic mass is 9.74. The first-order valence-corrected chi connectivity index (χ1v) is 6.74. The molecule has 16 heavy (non-hydrogen) atoms. The number of aliphatic hydroxyl groups excluding tert-OH is 1. The number of hydrogen-bond acceptors (Lipinski definition) is 2. The largest absolute Gasteiger partial charge is 0.396 e. The smallest absolute Gasteiger partial charge is 0.0436 e. The highest BCUT2D eigenvalue weighted by Crippen LogP contribution is 2.44. The molecular weight excluding hydrogens is 198 g/mol. The summed E-state index contributed by atoms with van der Waals surface area (Å²) in [5, 5.41) is 9.18. The van der Waals surface area contributed by atoms with E-state index in [1.165, 1.54) is 32.1 Å². The summed E-state index contributed by atoms with van der Waals surface area (Å²) in [6.07, 6.45) is 7.18. The van der Waals surface area contributed by atoms with Gasteiger partial charge in [0.1, 0.15) is 0 Å². The summed E-state index contributed by atoms with van der Waals surface area (Å²) in [4.78, 5) is 0. The van der Waals surface area contributed by atoms with Gasteiger partial charge >= 0.3 is 0 Å². The van der Waals surface area contributed by atoms with E-state index in [9.17, 15) is 5.11 Å². The first-order chi connectivity index (χ1) is 7.43. The minimum atomic E-state index is 0.231. The Bertz CT molecular complexity index is 209. The molecule has 0 aromatic heterocycles. The lowest BCUT2D eigenvalue weighted by Crippen LogP contribution is -2.31. The second kappa shape index (κ2) is 5.50. The van der Waals surface area contributed by atoms with Crippen molar-refractivity contribution in [1.82, 2.24) is 0 Å². The SMILES string of the molecule is CC(C)(C)C1CCCC(CN)(CCO)CC1. The Labute approximate surface area is 101 Å². The van der Waals surface area contributed by atoms with E-state index in [1.54, 1.807) is 0 Å². The lowest BCUT2D eigenvalue weighted by Gasteiger charge is -2.32. The Hall–Kier alpha value is -0.0800. The molecule has 0 heterocycles. The minimum absolute atomic E-state index is 0.231. The fourth-order valence-electron chi connectivity index (χ4n) is 3.13. The van der Waals surface area contributed by atoms with Crippen LogP contribution in [0.4, 0.5) is 0 Å². The summed E-state index contributed by atoms with van der Waals surface area (Å²) >= 11 is 0. The molecule has 3 N–H and O–H groups in total. The van der Waals surface area contributed by atoms with E-state index in [-0.39, 0.29) is 12.0 Å². The molecule has 0 bridgehead atoms. The van der Waals surface area contributed by atoms with Crippen LogP contribution in [0.5, 0.6) is 0 Å². The van der Waals surface area contributed by atoms with E-state index in [0.29, 0.717) is 5.41 Å². The zero-order chi connectivity index (χ0) is 12.2. The van der Waals surface area contributed by atoms with Gasteiger partial charge in [0.25, 0.3) is 0 Å².